The van der Waals surface area contributed by atoms with Crippen molar-refractivity contribution in [3.8, 4) is 0 Å². The van der Waals surface area contributed by atoms with Gasteiger partial charge in [-0.2, -0.15) is 0 Å². The second kappa shape index (κ2) is 5.11. The van der Waals surface area contributed by atoms with Crippen LogP contribution in [0.25, 0.3) is 10.2 Å². The van der Waals surface area contributed by atoms with Gasteiger partial charge in [-0.05, 0) is 12.1 Å². The molecule has 19 heavy (non-hydrogen) atoms. The van der Waals surface area contributed by atoms with Gasteiger partial charge < -0.3 is 4.90 Å². The number of hydrogen-bond donors (Lipinski definition) is 1. The standard InChI is InChI=1S/C14H15N3OS/c1-17(14(18)11-6-4-8-15-11)9-13-16-10-5-2-3-7-12(10)19-13/h2-7,11,15H,8-9H2,1H3/t11-/m0/s1. The van der Waals surface area contributed by atoms with Crippen LogP contribution in [0.15, 0.2) is 36.4 Å². The predicted octanol–water partition coefficient (Wildman–Crippen LogP) is 1.78. The second-order valence-corrected chi connectivity index (χ2v) is 5.70. The molecule has 1 aromatic heterocycles. The average molecular weight is 273 g/mol. The van der Waals surface area contributed by atoms with E-state index in [1.807, 2.05) is 37.4 Å². The van der Waals surface area contributed by atoms with Gasteiger partial charge in [-0.25, -0.2) is 4.98 Å². The summed E-state index contributed by atoms with van der Waals surface area (Å²) in [7, 11) is 1.82. The molecule has 98 valence electrons. The minimum atomic E-state index is -0.181. The van der Waals surface area contributed by atoms with E-state index >= 15 is 0 Å². The highest BCUT2D eigenvalue weighted by molar-refractivity contribution is 7.18. The van der Waals surface area contributed by atoms with Crippen LogP contribution in [0, 0.1) is 0 Å². The largest absolute Gasteiger partial charge is 0.337 e. The zero-order chi connectivity index (χ0) is 13.2. The summed E-state index contributed by atoms with van der Waals surface area (Å²) in [5, 5.41) is 4.10. The molecule has 0 aliphatic carbocycles. The smallest absolute Gasteiger partial charge is 0.243 e. The van der Waals surface area contributed by atoms with E-state index in [1.165, 1.54) is 0 Å². The molecule has 0 radical (unpaired) electrons. The molecule has 1 N–H and O–H groups in total. The molecule has 1 aromatic carbocycles. The molecule has 0 bridgehead atoms. The quantitative estimate of drug-likeness (QED) is 0.867. The molecule has 5 heteroatoms. The number of carbonyl (C=O) groups excluding carboxylic acids is 1. The Bertz CT molecular complexity index is 601. The Hall–Kier alpha value is -1.72. The van der Waals surface area contributed by atoms with Crippen molar-refractivity contribution in [2.24, 2.45) is 0 Å². The molecule has 0 fully saturated rings. The number of carbonyl (C=O) groups is 1. The van der Waals surface area contributed by atoms with Gasteiger partial charge in [0.05, 0.1) is 16.8 Å². The molecule has 1 aliphatic rings. The fourth-order valence-electron chi connectivity index (χ4n) is 2.14. The SMILES string of the molecule is CN(Cc1nc2ccccc2s1)C(=O)[C@@H]1C=CCN1. The number of thiazole rings is 1. The van der Waals surface area contributed by atoms with Gasteiger partial charge in [0.2, 0.25) is 5.91 Å². The summed E-state index contributed by atoms with van der Waals surface area (Å²) in [6.07, 6.45) is 3.89. The maximum atomic E-state index is 12.2. The molecule has 1 amide bonds. The van der Waals surface area contributed by atoms with Gasteiger partial charge in [-0.1, -0.05) is 24.3 Å². The van der Waals surface area contributed by atoms with Crippen LogP contribution in [0.3, 0.4) is 0 Å². The third-order valence-corrected chi connectivity index (χ3v) is 4.16. The third-order valence-electron chi connectivity index (χ3n) is 3.14. The summed E-state index contributed by atoms with van der Waals surface area (Å²) in [6.45, 7) is 1.33. The molecule has 1 aliphatic heterocycles. The van der Waals surface area contributed by atoms with Gasteiger partial charge in [-0.15, -0.1) is 11.3 Å². The predicted molar refractivity (Wildman–Crippen MR) is 77.0 cm³/mol. The van der Waals surface area contributed by atoms with Crippen LogP contribution < -0.4 is 5.32 Å². The number of likely N-dealkylation sites (N-methyl/N-ethyl adjacent to an activating group) is 1. The lowest BCUT2D eigenvalue weighted by molar-refractivity contribution is -0.131. The van der Waals surface area contributed by atoms with E-state index in [9.17, 15) is 4.79 Å². The fourth-order valence-corrected chi connectivity index (χ4v) is 3.16. The minimum absolute atomic E-state index is 0.0907. The molecule has 0 spiro atoms. The number of amides is 1. The van der Waals surface area contributed by atoms with Crippen molar-refractivity contribution in [2.45, 2.75) is 12.6 Å². The van der Waals surface area contributed by atoms with Crippen LogP contribution in [0.2, 0.25) is 0 Å². The summed E-state index contributed by atoms with van der Waals surface area (Å²) >= 11 is 1.64. The maximum absolute atomic E-state index is 12.2. The Labute approximate surface area is 115 Å². The van der Waals surface area contributed by atoms with E-state index in [2.05, 4.69) is 16.4 Å². The molecule has 3 rings (SSSR count). The van der Waals surface area contributed by atoms with Crippen molar-refractivity contribution >= 4 is 27.5 Å². The topological polar surface area (TPSA) is 45.2 Å². The Balaban J connectivity index is 1.73. The van der Waals surface area contributed by atoms with E-state index in [0.29, 0.717) is 6.54 Å². The first-order valence-corrected chi connectivity index (χ1v) is 7.05. The van der Waals surface area contributed by atoms with Gasteiger partial charge >= 0.3 is 0 Å². The number of nitrogens with zero attached hydrogens (tertiary/aromatic N) is 2. The molecule has 0 saturated heterocycles. The van der Waals surface area contributed by atoms with Gasteiger partial charge in [0.15, 0.2) is 0 Å². The van der Waals surface area contributed by atoms with Crippen molar-refractivity contribution < 1.29 is 4.79 Å². The number of benzene rings is 1. The number of para-hydroxylation sites is 1. The van der Waals surface area contributed by atoms with Crippen molar-refractivity contribution in [1.29, 1.82) is 0 Å². The molecular weight excluding hydrogens is 258 g/mol. The molecule has 4 nitrogen and oxygen atoms in total. The maximum Gasteiger partial charge on any atom is 0.243 e. The van der Waals surface area contributed by atoms with Gasteiger partial charge in [0.25, 0.3) is 0 Å². The van der Waals surface area contributed by atoms with Crippen LogP contribution in [-0.2, 0) is 11.3 Å². The lowest BCUT2D eigenvalue weighted by Gasteiger charge is -2.19. The normalized spacial score (nSPS) is 18.1. The van der Waals surface area contributed by atoms with E-state index in [0.717, 1.165) is 21.8 Å². The molecular formula is C14H15N3OS. The summed E-state index contributed by atoms with van der Waals surface area (Å²) in [6, 6.07) is 7.86. The van der Waals surface area contributed by atoms with Crippen molar-refractivity contribution in [2.75, 3.05) is 13.6 Å². The summed E-state index contributed by atoms with van der Waals surface area (Å²) in [4.78, 5) is 18.4. The zero-order valence-electron chi connectivity index (χ0n) is 10.7. The Morgan fingerprint density at radius 2 is 2.37 bits per heavy atom. The number of hydrogen-bond acceptors (Lipinski definition) is 4. The Morgan fingerprint density at radius 1 is 1.53 bits per heavy atom. The Kier molecular flexibility index (Phi) is 3.31. The first-order chi connectivity index (χ1) is 9.24. The first-order valence-electron chi connectivity index (χ1n) is 6.23. The van der Waals surface area contributed by atoms with Crippen molar-refractivity contribution in [3.63, 3.8) is 0 Å². The van der Waals surface area contributed by atoms with Gasteiger partial charge in [-0.3, -0.25) is 10.1 Å². The van der Waals surface area contributed by atoms with Crippen molar-refractivity contribution in [1.82, 2.24) is 15.2 Å². The Morgan fingerprint density at radius 3 is 3.11 bits per heavy atom. The van der Waals surface area contributed by atoms with Crippen LogP contribution >= 0.6 is 11.3 Å². The molecule has 0 saturated carbocycles. The highest BCUT2D eigenvalue weighted by Crippen LogP contribution is 2.22. The lowest BCUT2D eigenvalue weighted by Crippen LogP contribution is -2.41. The average Bonchev–Trinajstić information content (AvgIpc) is 3.06. The lowest BCUT2D eigenvalue weighted by atomic mass is 10.3. The summed E-state index contributed by atoms with van der Waals surface area (Å²) < 4.78 is 1.16. The molecule has 0 unspecified atom stereocenters. The highest BCUT2D eigenvalue weighted by Gasteiger charge is 2.21. The van der Waals surface area contributed by atoms with E-state index in [4.69, 9.17) is 0 Å². The van der Waals surface area contributed by atoms with Crippen LogP contribution in [0.5, 0.6) is 0 Å². The van der Waals surface area contributed by atoms with Gasteiger partial charge in [0.1, 0.15) is 11.0 Å². The molecule has 2 heterocycles. The highest BCUT2D eigenvalue weighted by atomic mass is 32.1. The number of rotatable bonds is 3. The second-order valence-electron chi connectivity index (χ2n) is 4.58. The van der Waals surface area contributed by atoms with E-state index in [-0.39, 0.29) is 11.9 Å². The number of aromatic nitrogens is 1. The molecule has 1 atom stereocenters. The zero-order valence-corrected chi connectivity index (χ0v) is 11.5. The summed E-state index contributed by atoms with van der Waals surface area (Å²) in [5.74, 6) is 0.0907. The monoisotopic (exact) mass is 273 g/mol. The van der Waals surface area contributed by atoms with E-state index < -0.39 is 0 Å². The number of nitrogens with one attached hydrogen (secondary N) is 1. The van der Waals surface area contributed by atoms with E-state index in [1.54, 1.807) is 16.2 Å². The van der Waals surface area contributed by atoms with Crippen molar-refractivity contribution in [3.05, 3.63) is 41.4 Å². The van der Waals surface area contributed by atoms with Crippen LogP contribution in [-0.4, -0.2) is 35.4 Å². The van der Waals surface area contributed by atoms with Crippen LogP contribution in [0.1, 0.15) is 5.01 Å². The van der Waals surface area contributed by atoms with Crippen LogP contribution in [0.4, 0.5) is 0 Å². The minimum Gasteiger partial charge on any atom is -0.337 e. The first kappa shape index (κ1) is 12.3. The fraction of sp³-hybridized carbons (Fsp3) is 0.286. The summed E-state index contributed by atoms with van der Waals surface area (Å²) in [5.41, 5.74) is 1.00. The third kappa shape index (κ3) is 2.52. The number of fused-ring (bicyclic) bond motifs is 1. The molecule has 2 aromatic rings. The van der Waals surface area contributed by atoms with Gasteiger partial charge in [0, 0.05) is 13.6 Å².